The van der Waals surface area contributed by atoms with E-state index in [4.69, 9.17) is 4.42 Å². The molecule has 2 heterocycles. The van der Waals surface area contributed by atoms with Crippen LogP contribution in [0.25, 0.3) is 53.9 Å². The van der Waals surface area contributed by atoms with Crippen molar-refractivity contribution in [2.75, 3.05) is 5.32 Å². The molecule has 7 rings (SSSR count). The Hall–Kier alpha value is -4.41. The molecule has 0 bridgehead atoms. The largest absolute Gasteiger partial charge is 0.436 e. The van der Waals surface area contributed by atoms with Crippen LogP contribution < -0.4 is 5.32 Å². The summed E-state index contributed by atoms with van der Waals surface area (Å²) in [5.41, 5.74) is 7.19. The highest BCUT2D eigenvalue weighted by atomic mass is 32.1. The van der Waals surface area contributed by atoms with Gasteiger partial charge in [0.15, 0.2) is 5.58 Å². The number of nitrogens with zero attached hydrogens (tertiary/aromatic N) is 1. The van der Waals surface area contributed by atoms with Crippen LogP contribution in [-0.2, 0) is 0 Å². The quantitative estimate of drug-likeness (QED) is 0.280. The van der Waals surface area contributed by atoms with Crippen LogP contribution in [0.3, 0.4) is 0 Å². The Morgan fingerprint density at radius 2 is 1.29 bits per heavy atom. The number of hydrogen-bond donors (Lipinski definition) is 1. The summed E-state index contributed by atoms with van der Waals surface area (Å²) >= 11 is 1.86. The van der Waals surface area contributed by atoms with Crippen molar-refractivity contribution >= 4 is 54.0 Å². The first-order valence-corrected chi connectivity index (χ1v) is 12.4. The van der Waals surface area contributed by atoms with Gasteiger partial charge >= 0.3 is 0 Å². The second-order valence-corrected chi connectivity index (χ2v) is 9.60. The Bertz CT molecular complexity index is 1780. The molecular formula is C31H20N2OS. The van der Waals surface area contributed by atoms with Crippen LogP contribution in [0.1, 0.15) is 0 Å². The third kappa shape index (κ3) is 3.56. The Labute approximate surface area is 206 Å². The molecule has 3 nitrogen and oxygen atoms in total. The van der Waals surface area contributed by atoms with Gasteiger partial charge in [-0.1, -0.05) is 60.7 Å². The Morgan fingerprint density at radius 1 is 0.600 bits per heavy atom. The lowest BCUT2D eigenvalue weighted by molar-refractivity contribution is 0.620. The van der Waals surface area contributed by atoms with Gasteiger partial charge in [-0.2, -0.15) is 0 Å². The van der Waals surface area contributed by atoms with E-state index in [9.17, 15) is 0 Å². The minimum absolute atomic E-state index is 0.637. The van der Waals surface area contributed by atoms with Gasteiger partial charge in [-0.25, -0.2) is 4.98 Å². The van der Waals surface area contributed by atoms with Crippen LogP contribution in [0.5, 0.6) is 0 Å². The fraction of sp³-hybridized carbons (Fsp3) is 0. The van der Waals surface area contributed by atoms with Gasteiger partial charge in [0.2, 0.25) is 5.89 Å². The average molecular weight is 469 g/mol. The predicted molar refractivity (Wildman–Crippen MR) is 147 cm³/mol. The molecule has 5 aromatic carbocycles. The topological polar surface area (TPSA) is 38.1 Å². The number of para-hydroxylation sites is 2. The molecule has 0 atom stereocenters. The number of benzene rings is 5. The number of thiophene rings is 1. The molecule has 2 aromatic heterocycles. The molecular weight excluding hydrogens is 448 g/mol. The number of anilines is 2. The number of rotatable bonds is 4. The monoisotopic (exact) mass is 468 g/mol. The summed E-state index contributed by atoms with van der Waals surface area (Å²) < 4.78 is 8.55. The predicted octanol–water partition coefficient (Wildman–Crippen LogP) is 9.27. The Morgan fingerprint density at radius 3 is 2.09 bits per heavy atom. The van der Waals surface area contributed by atoms with Crippen molar-refractivity contribution in [1.29, 1.82) is 0 Å². The van der Waals surface area contributed by atoms with Gasteiger partial charge in [-0.15, -0.1) is 11.3 Å². The minimum atomic E-state index is 0.637. The number of hydrogen-bond acceptors (Lipinski definition) is 4. The number of aromatic nitrogens is 1. The van der Waals surface area contributed by atoms with Crippen molar-refractivity contribution in [3.05, 3.63) is 115 Å². The fourth-order valence-corrected chi connectivity index (χ4v) is 5.80. The van der Waals surface area contributed by atoms with Crippen molar-refractivity contribution < 1.29 is 4.42 Å². The molecule has 4 heteroatoms. The average Bonchev–Trinajstić information content (AvgIpc) is 3.51. The Balaban J connectivity index is 1.14. The lowest BCUT2D eigenvalue weighted by atomic mass is 10.0. The molecule has 0 fully saturated rings. The molecule has 0 saturated carbocycles. The van der Waals surface area contributed by atoms with Crippen LogP contribution in [0.2, 0.25) is 0 Å². The molecule has 0 saturated heterocycles. The van der Waals surface area contributed by atoms with E-state index in [0.717, 1.165) is 28.0 Å². The lowest BCUT2D eigenvalue weighted by Gasteiger charge is -2.09. The Kier molecular flexibility index (Phi) is 4.64. The molecule has 0 amide bonds. The van der Waals surface area contributed by atoms with Crippen molar-refractivity contribution in [1.82, 2.24) is 4.98 Å². The van der Waals surface area contributed by atoms with Crippen LogP contribution in [0.4, 0.5) is 11.4 Å². The van der Waals surface area contributed by atoms with Crippen molar-refractivity contribution in [2.45, 2.75) is 0 Å². The summed E-state index contributed by atoms with van der Waals surface area (Å²) in [6.07, 6.45) is 0. The first-order chi connectivity index (χ1) is 17.3. The molecule has 166 valence electrons. The van der Waals surface area contributed by atoms with E-state index in [0.29, 0.717) is 5.89 Å². The zero-order valence-electron chi connectivity index (χ0n) is 18.7. The highest BCUT2D eigenvalue weighted by Crippen LogP contribution is 2.40. The second-order valence-electron chi connectivity index (χ2n) is 8.55. The molecule has 7 aromatic rings. The van der Waals surface area contributed by atoms with Gasteiger partial charge < -0.3 is 9.73 Å². The summed E-state index contributed by atoms with van der Waals surface area (Å²) in [5.74, 6) is 0.637. The van der Waals surface area contributed by atoms with Gasteiger partial charge in [0.1, 0.15) is 5.52 Å². The first-order valence-electron chi connectivity index (χ1n) is 11.6. The maximum atomic E-state index is 5.89. The fourth-order valence-electron chi connectivity index (χ4n) is 4.57. The van der Waals surface area contributed by atoms with Crippen LogP contribution in [-0.4, -0.2) is 4.98 Å². The smallest absolute Gasteiger partial charge is 0.227 e. The van der Waals surface area contributed by atoms with Crippen molar-refractivity contribution in [2.24, 2.45) is 0 Å². The van der Waals surface area contributed by atoms with E-state index >= 15 is 0 Å². The summed E-state index contributed by atoms with van der Waals surface area (Å²) in [6.45, 7) is 0. The summed E-state index contributed by atoms with van der Waals surface area (Å²) in [5, 5.41) is 6.15. The van der Waals surface area contributed by atoms with Crippen LogP contribution >= 0.6 is 11.3 Å². The summed E-state index contributed by atoms with van der Waals surface area (Å²) in [4.78, 5) is 4.58. The normalized spacial score (nSPS) is 11.4. The molecule has 35 heavy (non-hydrogen) atoms. The van der Waals surface area contributed by atoms with Crippen molar-refractivity contribution in [3.63, 3.8) is 0 Å². The zero-order chi connectivity index (χ0) is 23.2. The van der Waals surface area contributed by atoms with E-state index in [1.807, 2.05) is 47.7 Å². The van der Waals surface area contributed by atoms with Gasteiger partial charge in [-0.05, 0) is 65.7 Å². The van der Waals surface area contributed by atoms with Gasteiger partial charge in [0, 0.05) is 37.1 Å². The first kappa shape index (κ1) is 20.0. The molecule has 0 aliphatic carbocycles. The lowest BCUT2D eigenvalue weighted by Crippen LogP contribution is -1.90. The van der Waals surface area contributed by atoms with Gasteiger partial charge in [0.25, 0.3) is 0 Å². The van der Waals surface area contributed by atoms with E-state index in [1.165, 1.54) is 31.3 Å². The van der Waals surface area contributed by atoms with Crippen LogP contribution in [0, 0.1) is 0 Å². The third-order valence-corrected chi connectivity index (χ3v) is 7.53. The molecule has 0 aliphatic heterocycles. The van der Waals surface area contributed by atoms with E-state index in [1.54, 1.807) is 0 Å². The van der Waals surface area contributed by atoms with Crippen molar-refractivity contribution in [3.8, 4) is 22.6 Å². The number of oxazole rings is 1. The maximum absolute atomic E-state index is 5.89. The minimum Gasteiger partial charge on any atom is -0.436 e. The maximum Gasteiger partial charge on any atom is 0.227 e. The molecule has 0 radical (unpaired) electrons. The van der Waals surface area contributed by atoms with Crippen LogP contribution in [0.15, 0.2) is 120 Å². The van der Waals surface area contributed by atoms with Gasteiger partial charge in [-0.3, -0.25) is 0 Å². The van der Waals surface area contributed by atoms with E-state index in [-0.39, 0.29) is 0 Å². The standard InChI is InChI=1S/C31H20N2OS/c1-4-11-29-25(6-1)26-8-5-7-24(30(26)35-29)20-12-16-22(17-13-20)32-23-18-14-21(15-19-23)31-33-27-9-2-3-10-28(27)34-31/h1-19,32H. The summed E-state index contributed by atoms with van der Waals surface area (Å²) in [7, 11) is 0. The van der Waals surface area contributed by atoms with E-state index < -0.39 is 0 Å². The SMILES string of the molecule is c1ccc2oc(-c3ccc(Nc4ccc(-c5cccc6c5sc5ccccc56)cc4)cc3)nc2c1. The highest BCUT2D eigenvalue weighted by molar-refractivity contribution is 7.26. The highest BCUT2D eigenvalue weighted by Gasteiger charge is 2.10. The second kappa shape index (κ2) is 8.12. The number of nitrogens with one attached hydrogen (secondary N) is 1. The summed E-state index contributed by atoms with van der Waals surface area (Å²) in [6, 6.07) is 39.9. The van der Waals surface area contributed by atoms with Gasteiger partial charge in [0.05, 0.1) is 0 Å². The third-order valence-electron chi connectivity index (χ3n) is 6.31. The molecule has 0 aliphatic rings. The molecule has 1 N–H and O–H groups in total. The zero-order valence-corrected chi connectivity index (χ0v) is 19.5. The molecule has 0 spiro atoms. The number of fused-ring (bicyclic) bond motifs is 4. The molecule has 0 unspecified atom stereocenters. The van der Waals surface area contributed by atoms with E-state index in [2.05, 4.69) is 89.2 Å².